The van der Waals surface area contributed by atoms with Gasteiger partial charge >= 0.3 is 0 Å². The number of aliphatic hydroxyl groups excluding tert-OH is 1. The Morgan fingerprint density at radius 1 is 1.25 bits per heavy atom. The van der Waals surface area contributed by atoms with Crippen LogP contribution in [0.2, 0.25) is 0 Å². The Labute approximate surface area is 118 Å². The van der Waals surface area contributed by atoms with Crippen LogP contribution in [0, 0.1) is 0 Å². The molecule has 1 aromatic carbocycles. The summed E-state index contributed by atoms with van der Waals surface area (Å²) in [5.41, 5.74) is 0.785. The predicted molar refractivity (Wildman–Crippen MR) is 76.1 cm³/mol. The molecular weight excluding hydrogens is 256 g/mol. The average Bonchev–Trinajstić information content (AvgIpc) is 2.93. The number of aliphatic hydroxyl groups is 1. The summed E-state index contributed by atoms with van der Waals surface area (Å²) in [5, 5.41) is 10.3. The molecule has 1 atom stereocenters. The van der Waals surface area contributed by atoms with Gasteiger partial charge in [0.15, 0.2) is 11.5 Å². The van der Waals surface area contributed by atoms with Crippen molar-refractivity contribution in [1.29, 1.82) is 0 Å². The molecule has 2 rings (SSSR count). The summed E-state index contributed by atoms with van der Waals surface area (Å²) >= 11 is 0. The molecule has 5 heteroatoms. The van der Waals surface area contributed by atoms with Gasteiger partial charge in [0.1, 0.15) is 5.82 Å². The van der Waals surface area contributed by atoms with E-state index >= 15 is 0 Å². The molecule has 0 amide bonds. The first kappa shape index (κ1) is 14.4. The van der Waals surface area contributed by atoms with Gasteiger partial charge in [-0.1, -0.05) is 6.07 Å². The van der Waals surface area contributed by atoms with Crippen LogP contribution in [-0.2, 0) is 13.0 Å². The molecule has 0 spiro atoms. The van der Waals surface area contributed by atoms with Gasteiger partial charge < -0.3 is 19.1 Å². The predicted octanol–water partition coefficient (Wildman–Crippen LogP) is 2.20. The highest BCUT2D eigenvalue weighted by Gasteiger charge is 2.14. The minimum atomic E-state index is -0.623. The number of benzene rings is 1. The van der Waals surface area contributed by atoms with Crippen LogP contribution in [0.5, 0.6) is 11.5 Å². The molecule has 0 fully saturated rings. The number of aromatic nitrogens is 2. The molecule has 1 heterocycles. The Morgan fingerprint density at radius 2 is 2.00 bits per heavy atom. The van der Waals surface area contributed by atoms with Crippen molar-refractivity contribution in [3.63, 3.8) is 0 Å². The lowest BCUT2D eigenvalue weighted by Crippen LogP contribution is -2.08. The molecular formula is C15H20N2O3. The van der Waals surface area contributed by atoms with Crippen LogP contribution in [0.1, 0.15) is 24.4 Å². The minimum absolute atomic E-state index is 0.469. The molecule has 0 saturated carbocycles. The van der Waals surface area contributed by atoms with E-state index in [9.17, 15) is 5.11 Å². The molecule has 20 heavy (non-hydrogen) atoms. The molecule has 0 saturated heterocycles. The maximum atomic E-state index is 10.3. The molecule has 2 aromatic rings. The lowest BCUT2D eigenvalue weighted by Gasteiger charge is -2.14. The molecule has 108 valence electrons. The lowest BCUT2D eigenvalue weighted by molar-refractivity contribution is 0.174. The van der Waals surface area contributed by atoms with Gasteiger partial charge in [-0.15, -0.1) is 0 Å². The van der Waals surface area contributed by atoms with Crippen LogP contribution >= 0.6 is 0 Å². The number of ether oxygens (including phenoxy) is 2. The van der Waals surface area contributed by atoms with Crippen LogP contribution in [0.3, 0.4) is 0 Å². The third-order valence-electron chi connectivity index (χ3n) is 3.31. The van der Waals surface area contributed by atoms with Gasteiger partial charge in [0.25, 0.3) is 0 Å². The Hall–Kier alpha value is -2.01. The second-order valence-corrected chi connectivity index (χ2v) is 4.46. The Kier molecular flexibility index (Phi) is 4.63. The van der Waals surface area contributed by atoms with Crippen molar-refractivity contribution in [3.05, 3.63) is 42.0 Å². The van der Waals surface area contributed by atoms with Crippen LogP contribution in [0.15, 0.2) is 30.6 Å². The van der Waals surface area contributed by atoms with Gasteiger partial charge in [-0.2, -0.15) is 0 Å². The second-order valence-electron chi connectivity index (χ2n) is 4.46. The Morgan fingerprint density at radius 3 is 2.65 bits per heavy atom. The van der Waals surface area contributed by atoms with Crippen LogP contribution in [-0.4, -0.2) is 28.9 Å². The zero-order chi connectivity index (χ0) is 14.5. The summed E-state index contributed by atoms with van der Waals surface area (Å²) < 4.78 is 12.5. The van der Waals surface area contributed by atoms with E-state index in [1.54, 1.807) is 32.5 Å². The molecule has 1 unspecified atom stereocenters. The van der Waals surface area contributed by atoms with E-state index in [-0.39, 0.29) is 0 Å². The molecule has 0 aliphatic heterocycles. The highest BCUT2D eigenvalue weighted by molar-refractivity contribution is 5.43. The third-order valence-corrected chi connectivity index (χ3v) is 3.31. The van der Waals surface area contributed by atoms with Crippen molar-refractivity contribution in [3.8, 4) is 11.5 Å². The van der Waals surface area contributed by atoms with E-state index in [0.29, 0.717) is 17.9 Å². The fraction of sp³-hybridized carbons (Fsp3) is 0.400. The first-order valence-electron chi connectivity index (χ1n) is 6.59. The van der Waals surface area contributed by atoms with Crippen molar-refractivity contribution in [2.45, 2.75) is 26.0 Å². The highest BCUT2D eigenvalue weighted by Crippen LogP contribution is 2.30. The molecule has 0 aliphatic carbocycles. The largest absolute Gasteiger partial charge is 0.493 e. The smallest absolute Gasteiger partial charge is 0.161 e. The molecule has 0 bridgehead atoms. The molecule has 5 nitrogen and oxygen atoms in total. The lowest BCUT2D eigenvalue weighted by atomic mass is 10.1. The van der Waals surface area contributed by atoms with E-state index in [1.165, 1.54) is 0 Å². The summed E-state index contributed by atoms with van der Waals surface area (Å²) in [6, 6.07) is 5.43. The standard InChI is InChI=1S/C15H20N2O3/c1-4-17-8-7-16-15(17)10-12(18)11-5-6-13(19-2)14(9-11)20-3/h5-9,12,18H,4,10H2,1-3H3. The van der Waals surface area contributed by atoms with Crippen molar-refractivity contribution >= 4 is 0 Å². The topological polar surface area (TPSA) is 56.5 Å². The quantitative estimate of drug-likeness (QED) is 0.878. The number of hydrogen-bond donors (Lipinski definition) is 1. The van der Waals surface area contributed by atoms with Crippen molar-refractivity contribution < 1.29 is 14.6 Å². The van der Waals surface area contributed by atoms with Gasteiger partial charge in [-0.05, 0) is 24.6 Å². The van der Waals surface area contributed by atoms with E-state index in [4.69, 9.17) is 9.47 Å². The number of hydrogen-bond acceptors (Lipinski definition) is 4. The summed E-state index contributed by atoms with van der Waals surface area (Å²) in [6.07, 6.45) is 3.51. The van der Waals surface area contributed by atoms with E-state index < -0.39 is 6.10 Å². The summed E-state index contributed by atoms with van der Waals surface area (Å²) in [7, 11) is 3.17. The fourth-order valence-corrected chi connectivity index (χ4v) is 2.17. The zero-order valence-electron chi connectivity index (χ0n) is 12.0. The van der Waals surface area contributed by atoms with Crippen molar-refractivity contribution in [1.82, 2.24) is 9.55 Å². The van der Waals surface area contributed by atoms with Gasteiger partial charge in [0.2, 0.25) is 0 Å². The van der Waals surface area contributed by atoms with Gasteiger partial charge in [0.05, 0.1) is 20.3 Å². The van der Waals surface area contributed by atoms with Crippen LogP contribution in [0.4, 0.5) is 0 Å². The summed E-state index contributed by atoms with van der Waals surface area (Å²) in [6.45, 7) is 2.89. The SMILES string of the molecule is CCn1ccnc1CC(O)c1ccc(OC)c(OC)c1. The van der Waals surface area contributed by atoms with E-state index in [0.717, 1.165) is 17.9 Å². The average molecular weight is 276 g/mol. The summed E-state index contributed by atoms with van der Waals surface area (Å²) in [4.78, 5) is 4.28. The number of aryl methyl sites for hydroxylation is 1. The molecule has 0 aliphatic rings. The number of nitrogens with zero attached hydrogens (tertiary/aromatic N) is 2. The molecule has 1 N–H and O–H groups in total. The fourth-order valence-electron chi connectivity index (χ4n) is 2.17. The normalized spacial score (nSPS) is 12.2. The highest BCUT2D eigenvalue weighted by atomic mass is 16.5. The molecule has 0 radical (unpaired) electrons. The Bertz CT molecular complexity index is 566. The van der Waals surface area contributed by atoms with Crippen LogP contribution in [0.25, 0.3) is 0 Å². The van der Waals surface area contributed by atoms with Gasteiger partial charge in [-0.25, -0.2) is 4.98 Å². The van der Waals surface area contributed by atoms with Gasteiger partial charge in [0, 0.05) is 25.4 Å². The van der Waals surface area contributed by atoms with Crippen molar-refractivity contribution in [2.24, 2.45) is 0 Å². The first-order valence-corrected chi connectivity index (χ1v) is 6.59. The third kappa shape index (κ3) is 2.93. The second kappa shape index (κ2) is 6.43. The summed E-state index contributed by atoms with van der Waals surface area (Å²) in [5.74, 6) is 2.14. The molecule has 1 aromatic heterocycles. The Balaban J connectivity index is 2.19. The van der Waals surface area contributed by atoms with Crippen LogP contribution < -0.4 is 9.47 Å². The first-order chi connectivity index (χ1) is 9.69. The van der Waals surface area contributed by atoms with Crippen molar-refractivity contribution in [2.75, 3.05) is 14.2 Å². The van der Waals surface area contributed by atoms with E-state index in [2.05, 4.69) is 4.98 Å². The number of imidazole rings is 1. The van der Waals surface area contributed by atoms with E-state index in [1.807, 2.05) is 23.8 Å². The number of methoxy groups -OCH3 is 2. The maximum Gasteiger partial charge on any atom is 0.161 e. The number of rotatable bonds is 6. The minimum Gasteiger partial charge on any atom is -0.493 e. The van der Waals surface area contributed by atoms with Gasteiger partial charge in [-0.3, -0.25) is 0 Å². The maximum absolute atomic E-state index is 10.3. The zero-order valence-corrected chi connectivity index (χ0v) is 12.0. The monoisotopic (exact) mass is 276 g/mol.